The van der Waals surface area contributed by atoms with Crippen molar-refractivity contribution in [3.05, 3.63) is 59.7 Å². The highest BCUT2D eigenvalue weighted by atomic mass is 16.3. The molecule has 98 valence electrons. The Labute approximate surface area is 115 Å². The first kappa shape index (κ1) is 12.4. The number of hydrazone groups is 1. The van der Waals surface area contributed by atoms with E-state index in [0.717, 1.165) is 10.5 Å². The van der Waals surface area contributed by atoms with E-state index in [1.165, 1.54) is 18.3 Å². The molecule has 0 aromatic heterocycles. The van der Waals surface area contributed by atoms with Crippen molar-refractivity contribution >= 4 is 24.6 Å². The minimum absolute atomic E-state index is 0.100. The number of para-hydroxylation sites is 1. The van der Waals surface area contributed by atoms with E-state index < -0.39 is 13.0 Å². The number of fused-ring (bicyclic) bond motifs is 1. The molecule has 1 aliphatic heterocycles. The van der Waals surface area contributed by atoms with E-state index in [9.17, 15) is 14.9 Å². The normalized spacial score (nSPS) is 13.2. The van der Waals surface area contributed by atoms with Gasteiger partial charge in [-0.1, -0.05) is 36.4 Å². The van der Waals surface area contributed by atoms with Crippen LogP contribution in [0.15, 0.2) is 53.6 Å². The zero-order chi connectivity index (χ0) is 14.1. The third kappa shape index (κ3) is 1.96. The summed E-state index contributed by atoms with van der Waals surface area (Å²) in [5.74, 6) is -0.694. The van der Waals surface area contributed by atoms with E-state index in [-0.39, 0.29) is 11.3 Å². The van der Waals surface area contributed by atoms with Crippen molar-refractivity contribution in [1.82, 2.24) is 4.92 Å². The highest BCUT2D eigenvalue weighted by Crippen LogP contribution is 2.19. The van der Waals surface area contributed by atoms with Gasteiger partial charge in [-0.05, 0) is 23.2 Å². The second-order valence-electron chi connectivity index (χ2n) is 4.41. The van der Waals surface area contributed by atoms with Crippen LogP contribution in [0.3, 0.4) is 0 Å². The second kappa shape index (κ2) is 4.83. The molecule has 0 fully saturated rings. The summed E-state index contributed by atoms with van der Waals surface area (Å²) in [5.41, 5.74) is 1.47. The molecule has 0 saturated carbocycles. The summed E-state index contributed by atoms with van der Waals surface area (Å²) >= 11 is 0. The van der Waals surface area contributed by atoms with Gasteiger partial charge in [0.1, 0.15) is 5.75 Å². The van der Waals surface area contributed by atoms with Crippen LogP contribution in [0.1, 0.15) is 15.9 Å². The lowest BCUT2D eigenvalue weighted by Crippen LogP contribution is -2.52. The number of nitrogens with zero attached hydrogens (tertiary/aromatic N) is 2. The van der Waals surface area contributed by atoms with Gasteiger partial charge in [0.15, 0.2) is 0 Å². The van der Waals surface area contributed by atoms with Crippen LogP contribution in [0.5, 0.6) is 5.75 Å². The van der Waals surface area contributed by atoms with Crippen molar-refractivity contribution in [1.29, 1.82) is 0 Å². The molecular formula is C14H11BN2O3. The molecule has 0 spiro atoms. The number of phenolic OH excluding ortho intramolecular Hbond substituents is 1. The lowest BCUT2D eigenvalue weighted by Gasteiger charge is -2.25. The number of benzene rings is 2. The Balaban J connectivity index is 1.98. The van der Waals surface area contributed by atoms with Crippen LogP contribution in [-0.2, 0) is 0 Å². The summed E-state index contributed by atoms with van der Waals surface area (Å²) in [6.45, 7) is 0. The number of phenols is 1. The van der Waals surface area contributed by atoms with E-state index >= 15 is 0 Å². The van der Waals surface area contributed by atoms with E-state index in [1.54, 1.807) is 24.3 Å². The van der Waals surface area contributed by atoms with Gasteiger partial charge in [0.2, 0.25) is 0 Å². The van der Waals surface area contributed by atoms with Gasteiger partial charge in [0, 0.05) is 0 Å². The van der Waals surface area contributed by atoms with Gasteiger partial charge >= 0.3 is 7.05 Å². The van der Waals surface area contributed by atoms with Crippen molar-refractivity contribution in [2.45, 2.75) is 0 Å². The highest BCUT2D eigenvalue weighted by Gasteiger charge is 2.34. The summed E-state index contributed by atoms with van der Waals surface area (Å²) in [4.78, 5) is 13.3. The number of hydrogen-bond donors (Lipinski definition) is 2. The molecule has 0 atom stereocenters. The number of carbonyl (C=O) groups is 1. The van der Waals surface area contributed by atoms with Gasteiger partial charge in [-0.2, -0.15) is 5.10 Å². The minimum Gasteiger partial charge on any atom is -0.507 e. The fourth-order valence-electron chi connectivity index (χ4n) is 2.12. The van der Waals surface area contributed by atoms with Crippen LogP contribution in [0.25, 0.3) is 0 Å². The van der Waals surface area contributed by atoms with Crippen LogP contribution >= 0.6 is 0 Å². The molecule has 3 rings (SSSR count). The number of carbonyl (C=O) groups excluding carboxylic acids is 1. The van der Waals surface area contributed by atoms with Crippen LogP contribution in [0.2, 0.25) is 0 Å². The quantitative estimate of drug-likeness (QED) is 0.741. The molecule has 0 unspecified atom stereocenters. The molecule has 0 radical (unpaired) electrons. The van der Waals surface area contributed by atoms with Crippen LogP contribution in [0.4, 0.5) is 0 Å². The molecule has 0 aliphatic carbocycles. The maximum absolute atomic E-state index is 12.3. The zero-order valence-corrected chi connectivity index (χ0v) is 10.5. The molecule has 6 heteroatoms. The summed E-state index contributed by atoms with van der Waals surface area (Å²) in [6, 6.07) is 13.3. The maximum Gasteiger partial charge on any atom is 0.474 e. The van der Waals surface area contributed by atoms with Gasteiger partial charge in [0.05, 0.1) is 11.8 Å². The molecule has 0 bridgehead atoms. The Morgan fingerprint density at radius 3 is 2.60 bits per heavy atom. The van der Waals surface area contributed by atoms with E-state index in [4.69, 9.17) is 0 Å². The minimum atomic E-state index is -1.16. The van der Waals surface area contributed by atoms with Gasteiger partial charge in [-0.25, -0.2) is 4.92 Å². The Morgan fingerprint density at radius 2 is 1.80 bits per heavy atom. The van der Waals surface area contributed by atoms with Gasteiger partial charge in [0.25, 0.3) is 5.91 Å². The van der Waals surface area contributed by atoms with E-state index in [1.807, 2.05) is 12.1 Å². The van der Waals surface area contributed by atoms with Crippen molar-refractivity contribution in [3.63, 3.8) is 0 Å². The molecule has 2 aromatic rings. The van der Waals surface area contributed by atoms with E-state index in [0.29, 0.717) is 5.46 Å². The van der Waals surface area contributed by atoms with Crippen molar-refractivity contribution in [2.75, 3.05) is 0 Å². The van der Waals surface area contributed by atoms with E-state index in [2.05, 4.69) is 5.10 Å². The van der Waals surface area contributed by atoms with Crippen LogP contribution < -0.4 is 5.46 Å². The number of aromatic hydroxyl groups is 1. The average molecular weight is 266 g/mol. The molecule has 1 amide bonds. The molecule has 2 aromatic carbocycles. The lowest BCUT2D eigenvalue weighted by molar-refractivity contribution is 0.0843. The fourth-order valence-corrected chi connectivity index (χ4v) is 2.12. The monoisotopic (exact) mass is 266 g/mol. The molecule has 5 nitrogen and oxygen atoms in total. The summed E-state index contributed by atoms with van der Waals surface area (Å²) in [7, 11) is -1.16. The first-order valence-corrected chi connectivity index (χ1v) is 6.11. The predicted molar refractivity (Wildman–Crippen MR) is 75.9 cm³/mol. The van der Waals surface area contributed by atoms with Gasteiger partial charge in [-0.15, -0.1) is 0 Å². The SMILES string of the molecule is O=C(c1ccccc1O)N1N=Cc2ccccc2B1O. The van der Waals surface area contributed by atoms with Crippen LogP contribution in [0, 0.1) is 0 Å². The standard InChI is InChI=1S/C14H11BN2O3/c18-13-8-4-2-6-11(13)14(19)17-15(20)12-7-3-1-5-10(12)9-16-17/h1-9,18,20H. The third-order valence-electron chi connectivity index (χ3n) is 3.17. The molecule has 2 N–H and O–H groups in total. The topological polar surface area (TPSA) is 73.1 Å². The lowest BCUT2D eigenvalue weighted by atomic mass is 9.69. The Morgan fingerprint density at radius 1 is 1.10 bits per heavy atom. The molecule has 1 aliphatic rings. The number of rotatable bonds is 1. The smallest absolute Gasteiger partial charge is 0.474 e. The van der Waals surface area contributed by atoms with Gasteiger partial charge < -0.3 is 10.1 Å². The Kier molecular flexibility index (Phi) is 3.00. The first-order valence-electron chi connectivity index (χ1n) is 6.11. The molecule has 1 heterocycles. The number of hydrogen-bond acceptors (Lipinski definition) is 4. The molecule has 0 saturated heterocycles. The highest BCUT2D eigenvalue weighted by molar-refractivity contribution is 6.68. The van der Waals surface area contributed by atoms with Crippen molar-refractivity contribution in [3.8, 4) is 5.75 Å². The summed E-state index contributed by atoms with van der Waals surface area (Å²) in [6.07, 6.45) is 1.51. The zero-order valence-electron chi connectivity index (χ0n) is 10.5. The Hall–Kier alpha value is -2.60. The van der Waals surface area contributed by atoms with Gasteiger partial charge in [-0.3, -0.25) is 4.79 Å². The Bertz CT molecular complexity index is 702. The summed E-state index contributed by atoms with van der Waals surface area (Å²) in [5, 5.41) is 23.9. The first-order chi connectivity index (χ1) is 9.68. The maximum atomic E-state index is 12.3. The number of amides is 1. The van der Waals surface area contributed by atoms with Crippen LogP contribution in [-0.4, -0.2) is 34.2 Å². The van der Waals surface area contributed by atoms with Crippen molar-refractivity contribution < 1.29 is 14.9 Å². The predicted octanol–water partition coefficient (Wildman–Crippen LogP) is 0.570. The largest absolute Gasteiger partial charge is 0.507 e. The second-order valence-corrected chi connectivity index (χ2v) is 4.41. The fraction of sp³-hybridized carbons (Fsp3) is 0. The molecular weight excluding hydrogens is 255 g/mol. The third-order valence-corrected chi connectivity index (χ3v) is 3.17. The van der Waals surface area contributed by atoms with Crippen molar-refractivity contribution in [2.24, 2.45) is 5.10 Å². The summed E-state index contributed by atoms with van der Waals surface area (Å²) < 4.78 is 0. The average Bonchev–Trinajstić information content (AvgIpc) is 2.48. The molecule has 20 heavy (non-hydrogen) atoms.